The molecule has 0 fully saturated rings. The van der Waals surface area contributed by atoms with Crippen LogP contribution >= 0.6 is 0 Å². The van der Waals surface area contributed by atoms with Gasteiger partial charge in [0.05, 0.1) is 39.7 Å². The molecule has 0 aliphatic rings. The summed E-state index contributed by atoms with van der Waals surface area (Å²) in [5.41, 5.74) is 0. The molecule has 0 aliphatic carbocycles. The Kier molecular flexibility index (Phi) is 10.0. The van der Waals surface area contributed by atoms with Gasteiger partial charge in [0, 0.05) is 0 Å². The number of carbonyl (C=O) groups excluding carboxylic acids is 1. The molecule has 0 rings (SSSR count). The van der Waals surface area contributed by atoms with E-state index in [4.69, 9.17) is 4.74 Å². The zero-order valence-corrected chi connectivity index (χ0v) is 11.8. The third kappa shape index (κ3) is 6.59. The number of rotatable bonds is 6. The third-order valence-corrected chi connectivity index (χ3v) is 2.69. The summed E-state index contributed by atoms with van der Waals surface area (Å²) >= 11 is 0. The van der Waals surface area contributed by atoms with E-state index in [2.05, 4.69) is 20.9 Å². The summed E-state index contributed by atoms with van der Waals surface area (Å²) < 4.78 is 5.82. The molecular formula is C10H22INO2. The lowest BCUT2D eigenvalue weighted by molar-refractivity contribution is -0.905. The average Bonchev–Trinajstić information content (AvgIpc) is 2.15. The van der Waals surface area contributed by atoms with Crippen LogP contribution in [0.25, 0.3) is 0 Å². The minimum Gasteiger partial charge on any atom is -1.00 e. The first kappa shape index (κ1) is 16.6. The van der Waals surface area contributed by atoms with Crippen molar-refractivity contribution in [2.45, 2.75) is 27.2 Å². The van der Waals surface area contributed by atoms with Crippen molar-refractivity contribution in [3.8, 4) is 0 Å². The normalized spacial score (nSPS) is 10.6. The van der Waals surface area contributed by atoms with Gasteiger partial charge in [-0.15, -0.1) is 0 Å². The predicted octanol–water partition coefficient (Wildman–Crippen LogP) is -1.57. The number of esters is 1. The lowest BCUT2D eigenvalue weighted by Gasteiger charge is -2.31. The molecule has 86 valence electrons. The zero-order chi connectivity index (χ0) is 10.3. The van der Waals surface area contributed by atoms with Crippen molar-refractivity contribution < 1.29 is 38.0 Å². The molecule has 14 heavy (non-hydrogen) atoms. The molecule has 0 saturated heterocycles. The Hall–Kier alpha value is 0.160. The maximum absolute atomic E-state index is 11.1. The van der Waals surface area contributed by atoms with E-state index < -0.39 is 0 Å². The van der Waals surface area contributed by atoms with Gasteiger partial charge < -0.3 is 33.2 Å². The summed E-state index contributed by atoms with van der Waals surface area (Å²) in [5.74, 6) is -0.0752. The molecular weight excluding hydrogens is 293 g/mol. The smallest absolute Gasteiger partial charge is 0.311 e. The maximum Gasteiger partial charge on any atom is 0.311 e. The fourth-order valence-corrected chi connectivity index (χ4v) is 1.13. The highest BCUT2D eigenvalue weighted by Gasteiger charge is 2.18. The molecule has 0 amide bonds. The standard InChI is InChI=1S/C10H22NO2.HI/c1-5-11(4,6-2)9-8-10(12)13-7-3;/h5-9H2,1-4H3;1H/q+1;/p-1. The van der Waals surface area contributed by atoms with Crippen LogP contribution in [0.2, 0.25) is 0 Å². The molecule has 0 heterocycles. The molecule has 0 aromatic heterocycles. The van der Waals surface area contributed by atoms with Crippen LogP contribution in [-0.4, -0.2) is 43.7 Å². The van der Waals surface area contributed by atoms with E-state index in [-0.39, 0.29) is 29.9 Å². The predicted molar refractivity (Wildman–Crippen MR) is 53.4 cm³/mol. The van der Waals surface area contributed by atoms with E-state index >= 15 is 0 Å². The van der Waals surface area contributed by atoms with Gasteiger partial charge in [0.1, 0.15) is 0 Å². The summed E-state index contributed by atoms with van der Waals surface area (Å²) in [4.78, 5) is 11.1. The minimum atomic E-state index is -0.0752. The van der Waals surface area contributed by atoms with Crippen molar-refractivity contribution in [3.63, 3.8) is 0 Å². The van der Waals surface area contributed by atoms with Crippen molar-refractivity contribution in [1.29, 1.82) is 0 Å². The Bertz CT molecular complexity index is 158. The summed E-state index contributed by atoms with van der Waals surface area (Å²) in [7, 11) is 2.17. The Balaban J connectivity index is 0. The monoisotopic (exact) mass is 315 g/mol. The quantitative estimate of drug-likeness (QED) is 0.336. The minimum absolute atomic E-state index is 0. The molecule has 4 heteroatoms. The van der Waals surface area contributed by atoms with Gasteiger partial charge in [-0.1, -0.05) is 0 Å². The first-order chi connectivity index (χ1) is 6.08. The lowest BCUT2D eigenvalue weighted by Crippen LogP contribution is -3.00. The summed E-state index contributed by atoms with van der Waals surface area (Å²) in [6.07, 6.45) is 0.534. The lowest BCUT2D eigenvalue weighted by atomic mass is 10.3. The number of quaternary nitrogens is 1. The van der Waals surface area contributed by atoms with Crippen molar-refractivity contribution in [1.82, 2.24) is 0 Å². The molecule has 0 N–H and O–H groups in total. The average molecular weight is 315 g/mol. The third-order valence-electron chi connectivity index (χ3n) is 2.69. The number of halogens is 1. The van der Waals surface area contributed by atoms with E-state index in [1.54, 1.807) is 0 Å². The van der Waals surface area contributed by atoms with Gasteiger partial charge in [-0.05, 0) is 20.8 Å². The van der Waals surface area contributed by atoms with Crippen LogP contribution in [0, 0.1) is 0 Å². The Morgan fingerprint density at radius 1 is 1.21 bits per heavy atom. The van der Waals surface area contributed by atoms with Crippen LogP contribution in [0.3, 0.4) is 0 Å². The highest BCUT2D eigenvalue weighted by Crippen LogP contribution is 2.03. The molecule has 0 aromatic carbocycles. The van der Waals surface area contributed by atoms with Crippen molar-refractivity contribution in [2.24, 2.45) is 0 Å². The van der Waals surface area contributed by atoms with Crippen molar-refractivity contribution in [3.05, 3.63) is 0 Å². The van der Waals surface area contributed by atoms with E-state index in [1.807, 2.05) is 6.92 Å². The molecule has 0 spiro atoms. The fourth-order valence-electron chi connectivity index (χ4n) is 1.13. The molecule has 3 nitrogen and oxygen atoms in total. The summed E-state index contributed by atoms with van der Waals surface area (Å²) in [5, 5.41) is 0. The number of nitrogens with zero attached hydrogens (tertiary/aromatic N) is 1. The number of carbonyl (C=O) groups is 1. The Morgan fingerprint density at radius 2 is 1.71 bits per heavy atom. The van der Waals surface area contributed by atoms with Crippen LogP contribution < -0.4 is 24.0 Å². The molecule has 0 aromatic rings. The topological polar surface area (TPSA) is 26.3 Å². The second-order valence-corrected chi connectivity index (χ2v) is 3.53. The fraction of sp³-hybridized carbons (Fsp3) is 0.900. The number of hydrogen-bond acceptors (Lipinski definition) is 2. The van der Waals surface area contributed by atoms with Crippen LogP contribution in [0.5, 0.6) is 0 Å². The first-order valence-corrected chi connectivity index (χ1v) is 5.07. The van der Waals surface area contributed by atoms with Gasteiger partial charge in [0.15, 0.2) is 0 Å². The summed E-state index contributed by atoms with van der Waals surface area (Å²) in [6.45, 7) is 9.63. The Labute approximate surface area is 104 Å². The van der Waals surface area contributed by atoms with Gasteiger partial charge in [0.25, 0.3) is 0 Å². The maximum atomic E-state index is 11.1. The molecule has 0 bridgehead atoms. The van der Waals surface area contributed by atoms with E-state index in [0.29, 0.717) is 13.0 Å². The highest BCUT2D eigenvalue weighted by molar-refractivity contribution is 5.69. The van der Waals surface area contributed by atoms with Crippen molar-refractivity contribution >= 4 is 5.97 Å². The van der Waals surface area contributed by atoms with E-state index in [1.165, 1.54) is 0 Å². The first-order valence-electron chi connectivity index (χ1n) is 5.07. The van der Waals surface area contributed by atoms with Crippen LogP contribution in [0.4, 0.5) is 0 Å². The zero-order valence-electron chi connectivity index (χ0n) is 9.68. The highest BCUT2D eigenvalue weighted by atomic mass is 127. The molecule has 0 unspecified atom stereocenters. The molecule has 0 radical (unpaired) electrons. The van der Waals surface area contributed by atoms with Crippen LogP contribution in [0.15, 0.2) is 0 Å². The SMILES string of the molecule is CCOC(=O)CC[N+](C)(CC)CC.[I-]. The van der Waals surface area contributed by atoms with Crippen LogP contribution in [-0.2, 0) is 9.53 Å². The largest absolute Gasteiger partial charge is 1.00 e. The number of ether oxygens (including phenoxy) is 1. The van der Waals surface area contributed by atoms with E-state index in [9.17, 15) is 4.79 Å². The van der Waals surface area contributed by atoms with Gasteiger partial charge in [-0.3, -0.25) is 4.79 Å². The van der Waals surface area contributed by atoms with Gasteiger partial charge >= 0.3 is 5.97 Å². The molecule has 0 saturated carbocycles. The summed E-state index contributed by atoms with van der Waals surface area (Å²) in [6, 6.07) is 0. The molecule has 0 atom stereocenters. The van der Waals surface area contributed by atoms with Gasteiger partial charge in [0.2, 0.25) is 0 Å². The van der Waals surface area contributed by atoms with E-state index in [0.717, 1.165) is 24.1 Å². The second-order valence-electron chi connectivity index (χ2n) is 3.53. The second kappa shape index (κ2) is 8.47. The van der Waals surface area contributed by atoms with Crippen LogP contribution in [0.1, 0.15) is 27.2 Å². The number of hydrogen-bond donors (Lipinski definition) is 0. The Morgan fingerprint density at radius 3 is 2.07 bits per heavy atom. The van der Waals surface area contributed by atoms with Crippen molar-refractivity contribution in [2.75, 3.05) is 33.3 Å². The van der Waals surface area contributed by atoms with Gasteiger partial charge in [-0.25, -0.2) is 0 Å². The van der Waals surface area contributed by atoms with Gasteiger partial charge in [-0.2, -0.15) is 0 Å². The molecule has 0 aliphatic heterocycles.